The summed E-state index contributed by atoms with van der Waals surface area (Å²) in [6.07, 6.45) is 4.27. The van der Waals surface area contributed by atoms with E-state index in [4.69, 9.17) is 22.8 Å². The monoisotopic (exact) mass is 330 g/mol. The first-order valence-corrected chi connectivity index (χ1v) is 9.65. The van der Waals surface area contributed by atoms with Crippen LogP contribution in [0.25, 0.3) is 0 Å². The van der Waals surface area contributed by atoms with Crippen LogP contribution in [0.5, 0.6) is 0 Å². The third-order valence-electron chi connectivity index (χ3n) is 4.55. The van der Waals surface area contributed by atoms with E-state index in [0.29, 0.717) is 36.9 Å². The van der Waals surface area contributed by atoms with Crippen molar-refractivity contribution >= 4 is 14.8 Å². The Morgan fingerprint density at radius 1 is 1.18 bits per heavy atom. The van der Waals surface area contributed by atoms with Crippen molar-refractivity contribution < 1.29 is 27.5 Å². The van der Waals surface area contributed by atoms with Crippen molar-refractivity contribution in [3.8, 4) is 0 Å². The van der Waals surface area contributed by atoms with Crippen LogP contribution < -0.4 is 0 Å². The molecule has 1 heterocycles. The summed E-state index contributed by atoms with van der Waals surface area (Å²) in [5.41, 5.74) is 0.572. The van der Waals surface area contributed by atoms with Crippen LogP contribution in [0, 0.1) is 5.92 Å². The highest BCUT2D eigenvalue weighted by atomic mass is 28.4. The first-order chi connectivity index (χ1) is 10.5. The van der Waals surface area contributed by atoms with Gasteiger partial charge < -0.3 is 22.8 Å². The van der Waals surface area contributed by atoms with Gasteiger partial charge in [0.05, 0.1) is 18.8 Å². The molecule has 2 fully saturated rings. The minimum absolute atomic E-state index is 0.196. The standard InChI is InChI=1S/C15H26O6Si/c1-11(12-6-7-13-14(10-12)21-13)15(16)20-8-5-9-22(17-2,18-3)19-4/h12-14H,1,5-10H2,2-4H3. The topological polar surface area (TPSA) is 66.5 Å². The zero-order chi connectivity index (χ0) is 16.2. The molecule has 0 aromatic heterocycles. The fourth-order valence-corrected chi connectivity index (χ4v) is 4.68. The molecule has 3 atom stereocenters. The summed E-state index contributed by atoms with van der Waals surface area (Å²) in [6.45, 7) is 4.23. The molecule has 1 aliphatic carbocycles. The minimum Gasteiger partial charge on any atom is -0.462 e. The van der Waals surface area contributed by atoms with E-state index >= 15 is 0 Å². The van der Waals surface area contributed by atoms with Crippen molar-refractivity contribution in [1.82, 2.24) is 0 Å². The summed E-state index contributed by atoms with van der Waals surface area (Å²) >= 11 is 0. The van der Waals surface area contributed by atoms with E-state index in [1.54, 1.807) is 21.3 Å². The lowest BCUT2D eigenvalue weighted by Gasteiger charge is -2.24. The van der Waals surface area contributed by atoms with Gasteiger partial charge in [0.2, 0.25) is 0 Å². The molecule has 7 heteroatoms. The summed E-state index contributed by atoms with van der Waals surface area (Å²) in [5.74, 6) is -0.106. The van der Waals surface area contributed by atoms with Crippen molar-refractivity contribution in [3.63, 3.8) is 0 Å². The lowest BCUT2D eigenvalue weighted by atomic mass is 9.84. The van der Waals surface area contributed by atoms with Gasteiger partial charge in [0.1, 0.15) is 0 Å². The molecule has 2 aliphatic rings. The van der Waals surface area contributed by atoms with Gasteiger partial charge in [0.25, 0.3) is 0 Å². The summed E-state index contributed by atoms with van der Waals surface area (Å²) < 4.78 is 26.8. The highest BCUT2D eigenvalue weighted by Gasteiger charge is 2.45. The fourth-order valence-electron chi connectivity index (χ4n) is 2.99. The van der Waals surface area contributed by atoms with Crippen molar-refractivity contribution in [2.24, 2.45) is 5.92 Å². The maximum atomic E-state index is 12.1. The normalized spacial score (nSPS) is 27.1. The minimum atomic E-state index is -2.58. The number of fused-ring (bicyclic) bond motifs is 1. The van der Waals surface area contributed by atoms with Crippen LogP contribution in [0.1, 0.15) is 25.7 Å². The zero-order valence-electron chi connectivity index (χ0n) is 13.6. The van der Waals surface area contributed by atoms with Crippen LogP contribution in [0.4, 0.5) is 0 Å². The van der Waals surface area contributed by atoms with Crippen LogP contribution in [-0.4, -0.2) is 54.9 Å². The van der Waals surface area contributed by atoms with Gasteiger partial charge in [-0.1, -0.05) is 6.58 Å². The SMILES string of the molecule is C=C(C(=O)OCCC[Si](OC)(OC)OC)C1CCC2OC2C1. The average molecular weight is 330 g/mol. The molecular weight excluding hydrogens is 304 g/mol. The Labute approximate surface area is 133 Å². The Morgan fingerprint density at radius 3 is 2.45 bits per heavy atom. The molecule has 1 saturated carbocycles. The van der Waals surface area contributed by atoms with Gasteiger partial charge in [-0.15, -0.1) is 0 Å². The first kappa shape index (κ1) is 17.6. The Morgan fingerprint density at radius 2 is 1.86 bits per heavy atom. The number of ether oxygens (including phenoxy) is 2. The lowest BCUT2D eigenvalue weighted by molar-refractivity contribution is -0.139. The third kappa shape index (κ3) is 4.17. The number of carbonyl (C=O) groups is 1. The number of hydrogen-bond donors (Lipinski definition) is 0. The van der Waals surface area contributed by atoms with E-state index in [0.717, 1.165) is 19.3 Å². The van der Waals surface area contributed by atoms with Gasteiger partial charge in [-0.2, -0.15) is 0 Å². The Bertz CT molecular complexity index is 401. The number of hydrogen-bond acceptors (Lipinski definition) is 6. The fraction of sp³-hybridized carbons (Fsp3) is 0.800. The molecule has 0 radical (unpaired) electrons. The van der Waals surface area contributed by atoms with E-state index in [9.17, 15) is 4.79 Å². The van der Waals surface area contributed by atoms with Crippen molar-refractivity contribution in [3.05, 3.63) is 12.2 Å². The van der Waals surface area contributed by atoms with Crippen molar-refractivity contribution in [2.75, 3.05) is 27.9 Å². The van der Waals surface area contributed by atoms with Crippen LogP contribution >= 0.6 is 0 Å². The van der Waals surface area contributed by atoms with E-state index < -0.39 is 8.80 Å². The quantitative estimate of drug-likeness (QED) is 0.212. The maximum Gasteiger partial charge on any atom is 0.500 e. The number of epoxide rings is 1. The second-order valence-electron chi connectivity index (χ2n) is 5.78. The summed E-state index contributed by atoms with van der Waals surface area (Å²) in [7, 11) is 2.14. The van der Waals surface area contributed by atoms with Gasteiger partial charge >= 0.3 is 14.8 Å². The molecule has 1 aliphatic heterocycles. The van der Waals surface area contributed by atoms with Crippen LogP contribution in [-0.2, 0) is 27.5 Å². The smallest absolute Gasteiger partial charge is 0.462 e. The van der Waals surface area contributed by atoms with E-state index in [1.165, 1.54) is 0 Å². The molecule has 0 N–H and O–H groups in total. The molecule has 0 spiro atoms. The highest BCUT2D eigenvalue weighted by molar-refractivity contribution is 6.60. The Hall–Kier alpha value is -0.733. The number of carbonyl (C=O) groups excluding carboxylic acids is 1. The third-order valence-corrected chi connectivity index (χ3v) is 7.38. The van der Waals surface area contributed by atoms with Gasteiger partial charge in [-0.05, 0) is 31.6 Å². The van der Waals surface area contributed by atoms with E-state index in [2.05, 4.69) is 6.58 Å². The Balaban J connectivity index is 1.67. The molecule has 1 saturated heterocycles. The molecule has 0 bridgehead atoms. The second-order valence-corrected chi connectivity index (χ2v) is 8.87. The summed E-state index contributed by atoms with van der Waals surface area (Å²) in [6, 6.07) is 0.608. The van der Waals surface area contributed by atoms with Crippen LogP contribution in [0.3, 0.4) is 0 Å². The second kappa shape index (κ2) is 7.70. The van der Waals surface area contributed by atoms with Gasteiger partial charge in [0, 0.05) is 32.9 Å². The molecule has 22 heavy (non-hydrogen) atoms. The molecule has 0 amide bonds. The van der Waals surface area contributed by atoms with Gasteiger partial charge in [-0.3, -0.25) is 0 Å². The molecular formula is C15H26O6Si. The van der Waals surface area contributed by atoms with Crippen molar-refractivity contribution in [2.45, 2.75) is 43.9 Å². The Kier molecular flexibility index (Phi) is 6.16. The molecule has 3 unspecified atom stereocenters. The molecule has 126 valence electrons. The maximum absolute atomic E-state index is 12.1. The predicted octanol–water partition coefficient (Wildman–Crippen LogP) is 1.92. The highest BCUT2D eigenvalue weighted by Crippen LogP contribution is 2.41. The number of rotatable bonds is 9. The van der Waals surface area contributed by atoms with E-state index in [1.807, 2.05) is 0 Å². The zero-order valence-corrected chi connectivity index (χ0v) is 14.6. The molecule has 2 rings (SSSR count). The summed E-state index contributed by atoms with van der Waals surface area (Å²) in [5, 5.41) is 0. The first-order valence-electron chi connectivity index (χ1n) is 7.72. The number of esters is 1. The van der Waals surface area contributed by atoms with Crippen LogP contribution in [0.2, 0.25) is 6.04 Å². The lowest BCUT2D eigenvalue weighted by Crippen LogP contribution is -2.42. The molecule has 0 aromatic rings. The largest absolute Gasteiger partial charge is 0.500 e. The van der Waals surface area contributed by atoms with Gasteiger partial charge in [0.15, 0.2) is 0 Å². The molecule has 0 aromatic carbocycles. The predicted molar refractivity (Wildman–Crippen MR) is 82.3 cm³/mol. The van der Waals surface area contributed by atoms with Gasteiger partial charge in [-0.25, -0.2) is 4.79 Å². The van der Waals surface area contributed by atoms with Crippen LogP contribution in [0.15, 0.2) is 12.2 Å². The molecule has 6 nitrogen and oxygen atoms in total. The average Bonchev–Trinajstić information content (AvgIpc) is 3.33. The van der Waals surface area contributed by atoms with Crippen molar-refractivity contribution in [1.29, 1.82) is 0 Å². The summed E-state index contributed by atoms with van der Waals surface area (Å²) in [4.78, 5) is 12.1. The van der Waals surface area contributed by atoms with E-state index in [-0.39, 0.29) is 11.9 Å².